The molecule has 4 heteroatoms. The first-order valence-corrected chi connectivity index (χ1v) is 7.69. The van der Waals surface area contributed by atoms with Crippen molar-refractivity contribution in [2.75, 3.05) is 33.8 Å². The largest absolute Gasteiger partial charge is 0.497 e. The van der Waals surface area contributed by atoms with Gasteiger partial charge in [-0.3, -0.25) is 9.69 Å². The Kier molecular flexibility index (Phi) is 7.83. The van der Waals surface area contributed by atoms with Gasteiger partial charge < -0.3 is 9.64 Å². The summed E-state index contributed by atoms with van der Waals surface area (Å²) in [5, 5.41) is 0. The number of amides is 1. The third-order valence-corrected chi connectivity index (χ3v) is 3.33. The van der Waals surface area contributed by atoms with Crippen LogP contribution in [0.2, 0.25) is 0 Å². The number of carbonyl (C=O) groups excluding carboxylic acids is 1. The maximum absolute atomic E-state index is 12.3. The van der Waals surface area contributed by atoms with Crippen molar-refractivity contribution in [1.29, 1.82) is 0 Å². The Morgan fingerprint density at radius 1 is 1.19 bits per heavy atom. The number of nitrogens with zero attached hydrogens (tertiary/aromatic N) is 2. The molecule has 0 heterocycles. The van der Waals surface area contributed by atoms with E-state index in [4.69, 9.17) is 4.74 Å². The number of ether oxygens (including phenoxy) is 1. The van der Waals surface area contributed by atoms with Gasteiger partial charge in [-0.15, -0.1) is 0 Å². The van der Waals surface area contributed by atoms with E-state index in [1.54, 1.807) is 7.11 Å². The number of hydrogen-bond donors (Lipinski definition) is 0. The third-order valence-electron chi connectivity index (χ3n) is 3.33. The molecule has 1 aromatic carbocycles. The van der Waals surface area contributed by atoms with E-state index in [0.717, 1.165) is 43.8 Å². The second-order valence-electron chi connectivity index (χ2n) is 5.40. The fraction of sp³-hybridized carbons (Fsp3) is 0.588. The van der Waals surface area contributed by atoms with Gasteiger partial charge in [0, 0.05) is 19.6 Å². The van der Waals surface area contributed by atoms with Gasteiger partial charge in [0.25, 0.3) is 0 Å². The lowest BCUT2D eigenvalue weighted by atomic mass is 10.2. The summed E-state index contributed by atoms with van der Waals surface area (Å²) in [5.41, 5.74) is 1.15. The van der Waals surface area contributed by atoms with Crippen molar-refractivity contribution < 1.29 is 9.53 Å². The Morgan fingerprint density at radius 2 is 1.86 bits per heavy atom. The van der Waals surface area contributed by atoms with Crippen molar-refractivity contribution in [3.63, 3.8) is 0 Å². The van der Waals surface area contributed by atoms with Gasteiger partial charge in [-0.2, -0.15) is 0 Å². The van der Waals surface area contributed by atoms with E-state index in [0.29, 0.717) is 6.54 Å². The monoisotopic (exact) mass is 292 g/mol. The molecule has 0 saturated heterocycles. The van der Waals surface area contributed by atoms with Crippen LogP contribution in [-0.4, -0.2) is 49.5 Å². The molecule has 1 aromatic rings. The average Bonchev–Trinajstić information content (AvgIpc) is 2.47. The zero-order valence-corrected chi connectivity index (χ0v) is 13.8. The molecule has 1 rings (SSSR count). The lowest BCUT2D eigenvalue weighted by Crippen LogP contribution is -2.39. The Balaban J connectivity index is 2.54. The molecule has 0 atom stereocenters. The lowest BCUT2D eigenvalue weighted by Gasteiger charge is -2.25. The number of likely N-dealkylation sites (N-methyl/N-ethyl adjacent to an activating group) is 1. The zero-order chi connectivity index (χ0) is 15.7. The van der Waals surface area contributed by atoms with Crippen molar-refractivity contribution in [3.8, 4) is 5.75 Å². The first-order valence-electron chi connectivity index (χ1n) is 7.69. The van der Waals surface area contributed by atoms with E-state index in [-0.39, 0.29) is 5.91 Å². The van der Waals surface area contributed by atoms with Gasteiger partial charge in [0.2, 0.25) is 5.91 Å². The van der Waals surface area contributed by atoms with Crippen LogP contribution in [0.1, 0.15) is 32.3 Å². The molecule has 0 radical (unpaired) electrons. The number of benzene rings is 1. The molecule has 21 heavy (non-hydrogen) atoms. The molecule has 0 spiro atoms. The van der Waals surface area contributed by atoms with Crippen molar-refractivity contribution in [1.82, 2.24) is 9.80 Å². The topological polar surface area (TPSA) is 32.8 Å². The summed E-state index contributed by atoms with van der Waals surface area (Å²) >= 11 is 0. The second kappa shape index (κ2) is 9.40. The van der Waals surface area contributed by atoms with Gasteiger partial charge in [0.05, 0.1) is 13.7 Å². The highest BCUT2D eigenvalue weighted by molar-refractivity contribution is 5.78. The minimum absolute atomic E-state index is 0.212. The van der Waals surface area contributed by atoms with E-state index < -0.39 is 0 Å². The van der Waals surface area contributed by atoms with Gasteiger partial charge in [-0.25, -0.2) is 0 Å². The Bertz CT molecular complexity index is 429. The molecular weight excluding hydrogens is 264 g/mol. The summed E-state index contributed by atoms with van der Waals surface area (Å²) in [4.78, 5) is 16.3. The number of carbonyl (C=O) groups is 1. The molecule has 0 aromatic heterocycles. The van der Waals surface area contributed by atoms with Gasteiger partial charge >= 0.3 is 0 Å². The maximum Gasteiger partial charge on any atom is 0.236 e. The minimum atomic E-state index is 0.212. The second-order valence-corrected chi connectivity index (χ2v) is 5.40. The van der Waals surface area contributed by atoms with Crippen LogP contribution in [0.4, 0.5) is 0 Å². The third kappa shape index (κ3) is 6.17. The highest BCUT2D eigenvalue weighted by atomic mass is 16.5. The summed E-state index contributed by atoms with van der Waals surface area (Å²) in [6.07, 6.45) is 2.01. The van der Waals surface area contributed by atoms with Crippen LogP contribution in [0.25, 0.3) is 0 Å². The summed E-state index contributed by atoms with van der Waals surface area (Å²) in [5.74, 6) is 1.06. The smallest absolute Gasteiger partial charge is 0.236 e. The molecule has 0 fully saturated rings. The Labute approximate surface area is 128 Å². The molecule has 4 nitrogen and oxygen atoms in total. The Morgan fingerprint density at radius 3 is 2.43 bits per heavy atom. The first kappa shape index (κ1) is 17.5. The van der Waals surface area contributed by atoms with Crippen LogP contribution in [0.5, 0.6) is 5.75 Å². The van der Waals surface area contributed by atoms with E-state index >= 15 is 0 Å². The normalized spacial score (nSPS) is 10.7. The van der Waals surface area contributed by atoms with Gasteiger partial charge in [-0.1, -0.05) is 26.0 Å². The van der Waals surface area contributed by atoms with Crippen LogP contribution in [0.3, 0.4) is 0 Å². The quantitative estimate of drug-likeness (QED) is 0.701. The molecule has 0 aliphatic heterocycles. The van der Waals surface area contributed by atoms with E-state index in [9.17, 15) is 4.79 Å². The van der Waals surface area contributed by atoms with E-state index in [1.165, 1.54) is 0 Å². The predicted molar refractivity (Wildman–Crippen MR) is 86.5 cm³/mol. The lowest BCUT2D eigenvalue weighted by molar-refractivity contribution is -0.132. The average molecular weight is 292 g/mol. The number of methoxy groups -OCH3 is 1. The van der Waals surface area contributed by atoms with Gasteiger partial charge in [0.15, 0.2) is 0 Å². The minimum Gasteiger partial charge on any atom is -0.497 e. The SMILES string of the molecule is CCCN(CCC)C(=O)CN(C)Cc1cccc(OC)c1. The van der Waals surface area contributed by atoms with Crippen molar-refractivity contribution in [2.45, 2.75) is 33.2 Å². The molecular formula is C17H28N2O2. The summed E-state index contributed by atoms with van der Waals surface area (Å²) in [6.45, 7) is 7.11. The molecule has 0 N–H and O–H groups in total. The Hall–Kier alpha value is -1.55. The fourth-order valence-electron chi connectivity index (χ4n) is 2.37. The molecule has 0 unspecified atom stereocenters. The first-order chi connectivity index (χ1) is 10.1. The summed E-state index contributed by atoms with van der Waals surface area (Å²) in [6, 6.07) is 7.97. The highest BCUT2D eigenvalue weighted by Gasteiger charge is 2.14. The molecule has 0 bridgehead atoms. The molecule has 0 saturated carbocycles. The van der Waals surface area contributed by atoms with Crippen LogP contribution >= 0.6 is 0 Å². The van der Waals surface area contributed by atoms with E-state index in [1.807, 2.05) is 30.1 Å². The molecule has 0 aliphatic carbocycles. The van der Waals surface area contributed by atoms with Gasteiger partial charge in [-0.05, 0) is 37.6 Å². The van der Waals surface area contributed by atoms with Gasteiger partial charge in [0.1, 0.15) is 5.75 Å². The summed E-state index contributed by atoms with van der Waals surface area (Å²) < 4.78 is 5.23. The number of rotatable bonds is 9. The van der Waals surface area contributed by atoms with Crippen LogP contribution in [0.15, 0.2) is 24.3 Å². The van der Waals surface area contributed by atoms with Crippen molar-refractivity contribution in [2.24, 2.45) is 0 Å². The van der Waals surface area contributed by atoms with E-state index in [2.05, 4.69) is 24.8 Å². The molecule has 0 aliphatic rings. The van der Waals surface area contributed by atoms with Crippen LogP contribution in [0, 0.1) is 0 Å². The fourth-order valence-corrected chi connectivity index (χ4v) is 2.37. The summed E-state index contributed by atoms with van der Waals surface area (Å²) in [7, 11) is 3.65. The number of hydrogen-bond acceptors (Lipinski definition) is 3. The van der Waals surface area contributed by atoms with Crippen LogP contribution in [-0.2, 0) is 11.3 Å². The zero-order valence-electron chi connectivity index (χ0n) is 13.8. The maximum atomic E-state index is 12.3. The molecule has 1 amide bonds. The van der Waals surface area contributed by atoms with Crippen molar-refractivity contribution in [3.05, 3.63) is 29.8 Å². The predicted octanol–water partition coefficient (Wildman–Crippen LogP) is 2.78. The standard InChI is InChI=1S/C17H28N2O2/c1-5-10-19(11-6-2)17(20)14-18(3)13-15-8-7-9-16(12-15)21-4/h7-9,12H,5-6,10-11,13-14H2,1-4H3. The molecule has 118 valence electrons. The van der Waals surface area contributed by atoms with Crippen molar-refractivity contribution >= 4 is 5.91 Å². The highest BCUT2D eigenvalue weighted by Crippen LogP contribution is 2.13. The van der Waals surface area contributed by atoms with Crippen LogP contribution < -0.4 is 4.74 Å².